The van der Waals surface area contributed by atoms with Crippen molar-refractivity contribution in [3.8, 4) is 0 Å². The Hall–Kier alpha value is -2.14. The van der Waals surface area contributed by atoms with E-state index in [1.807, 2.05) is 24.3 Å². The number of carbonyl (C=O) groups is 2. The molecule has 0 aliphatic rings. The van der Waals surface area contributed by atoms with E-state index in [9.17, 15) is 9.59 Å². The number of ether oxygens (including phenoxy) is 1. The summed E-state index contributed by atoms with van der Waals surface area (Å²) in [6.07, 6.45) is 1.75. The maximum atomic E-state index is 11.4. The summed E-state index contributed by atoms with van der Waals surface area (Å²) in [6, 6.07) is 7.18. The van der Waals surface area contributed by atoms with E-state index in [0.29, 0.717) is 0 Å². The minimum Gasteiger partial charge on any atom is -0.393 e. The summed E-state index contributed by atoms with van der Waals surface area (Å²) in [5.74, 6) is -1.23. The van der Waals surface area contributed by atoms with Crippen LogP contribution in [0, 0.1) is 0 Å². The first-order valence-corrected chi connectivity index (χ1v) is 5.61. The SMILES string of the molecule is CC(=O)OC(=O)CC(N)c1c[nH]c2ccccc12. The number of hydrogen-bond acceptors (Lipinski definition) is 4. The summed E-state index contributed by atoms with van der Waals surface area (Å²) in [5, 5.41) is 0.973. The Labute approximate surface area is 104 Å². The predicted octanol–water partition coefficient (Wildman–Crippen LogP) is 1.65. The van der Waals surface area contributed by atoms with Crippen molar-refractivity contribution >= 4 is 22.8 Å². The zero-order valence-corrected chi connectivity index (χ0v) is 9.97. The van der Waals surface area contributed by atoms with Gasteiger partial charge in [-0.05, 0) is 11.6 Å². The lowest BCUT2D eigenvalue weighted by molar-refractivity contribution is -0.158. The number of esters is 2. The maximum absolute atomic E-state index is 11.4. The topological polar surface area (TPSA) is 85.2 Å². The number of rotatable bonds is 3. The highest BCUT2D eigenvalue weighted by atomic mass is 16.6. The number of aromatic nitrogens is 1. The largest absolute Gasteiger partial charge is 0.393 e. The number of fused-ring (bicyclic) bond motifs is 1. The molecule has 0 bridgehead atoms. The molecule has 0 radical (unpaired) electrons. The molecular formula is C13H14N2O3. The van der Waals surface area contributed by atoms with Gasteiger partial charge in [-0.3, -0.25) is 9.59 Å². The summed E-state index contributed by atoms with van der Waals surface area (Å²) in [6.45, 7) is 1.19. The third kappa shape index (κ3) is 2.57. The van der Waals surface area contributed by atoms with Gasteiger partial charge in [0.15, 0.2) is 0 Å². The first-order chi connectivity index (χ1) is 8.58. The summed E-state index contributed by atoms with van der Waals surface area (Å²) in [4.78, 5) is 25.1. The van der Waals surface area contributed by atoms with E-state index in [-0.39, 0.29) is 6.42 Å². The molecule has 5 heteroatoms. The number of H-pyrrole nitrogens is 1. The number of carbonyl (C=O) groups excluding carboxylic acids is 2. The van der Waals surface area contributed by atoms with Crippen molar-refractivity contribution < 1.29 is 14.3 Å². The third-order valence-electron chi connectivity index (χ3n) is 2.66. The summed E-state index contributed by atoms with van der Waals surface area (Å²) >= 11 is 0. The van der Waals surface area contributed by atoms with Gasteiger partial charge in [-0.1, -0.05) is 18.2 Å². The van der Waals surface area contributed by atoms with Crippen LogP contribution in [0.3, 0.4) is 0 Å². The van der Waals surface area contributed by atoms with Gasteiger partial charge in [-0.25, -0.2) is 0 Å². The van der Waals surface area contributed by atoms with E-state index in [1.165, 1.54) is 6.92 Å². The molecule has 1 heterocycles. The average molecular weight is 246 g/mol. The Morgan fingerprint density at radius 2 is 2.11 bits per heavy atom. The van der Waals surface area contributed by atoms with Crippen molar-refractivity contribution in [3.63, 3.8) is 0 Å². The fourth-order valence-electron chi connectivity index (χ4n) is 1.89. The predicted molar refractivity (Wildman–Crippen MR) is 66.6 cm³/mol. The fourth-order valence-corrected chi connectivity index (χ4v) is 1.89. The molecule has 1 aromatic carbocycles. The van der Waals surface area contributed by atoms with Crippen LogP contribution in [0.4, 0.5) is 0 Å². The van der Waals surface area contributed by atoms with Crippen molar-refractivity contribution in [2.24, 2.45) is 5.73 Å². The second-order valence-electron chi connectivity index (χ2n) is 4.07. The lowest BCUT2D eigenvalue weighted by Crippen LogP contribution is -2.18. The number of para-hydroxylation sites is 1. The Morgan fingerprint density at radius 3 is 2.83 bits per heavy atom. The molecule has 0 saturated carbocycles. The molecule has 1 atom stereocenters. The zero-order chi connectivity index (χ0) is 13.1. The Morgan fingerprint density at radius 1 is 1.39 bits per heavy atom. The molecule has 0 spiro atoms. The highest BCUT2D eigenvalue weighted by Gasteiger charge is 2.17. The van der Waals surface area contributed by atoms with E-state index >= 15 is 0 Å². The molecule has 0 aliphatic heterocycles. The van der Waals surface area contributed by atoms with Crippen molar-refractivity contribution in [1.29, 1.82) is 0 Å². The van der Waals surface area contributed by atoms with Crippen LogP contribution in [0.2, 0.25) is 0 Å². The minimum atomic E-state index is -0.619. The molecule has 0 fully saturated rings. The third-order valence-corrected chi connectivity index (χ3v) is 2.66. The molecule has 1 aromatic heterocycles. The molecule has 18 heavy (non-hydrogen) atoms. The summed E-state index contributed by atoms with van der Waals surface area (Å²) < 4.78 is 4.46. The smallest absolute Gasteiger partial charge is 0.315 e. The lowest BCUT2D eigenvalue weighted by Gasteiger charge is -2.09. The summed E-state index contributed by atoms with van der Waals surface area (Å²) in [5.41, 5.74) is 7.75. The normalized spacial score (nSPS) is 12.3. The van der Waals surface area contributed by atoms with Crippen LogP contribution in [0.1, 0.15) is 24.9 Å². The highest BCUT2D eigenvalue weighted by Crippen LogP contribution is 2.24. The van der Waals surface area contributed by atoms with Crippen molar-refractivity contribution in [3.05, 3.63) is 36.0 Å². The molecular weight excluding hydrogens is 232 g/mol. The summed E-state index contributed by atoms with van der Waals surface area (Å²) in [7, 11) is 0. The molecule has 5 nitrogen and oxygen atoms in total. The molecule has 0 saturated heterocycles. The second-order valence-corrected chi connectivity index (χ2v) is 4.07. The van der Waals surface area contributed by atoms with Gasteiger partial charge in [-0.15, -0.1) is 0 Å². The molecule has 2 rings (SSSR count). The number of benzene rings is 1. The molecule has 0 amide bonds. The van der Waals surface area contributed by atoms with Crippen LogP contribution in [-0.2, 0) is 14.3 Å². The number of nitrogens with one attached hydrogen (secondary N) is 1. The average Bonchev–Trinajstić information content (AvgIpc) is 2.71. The van der Waals surface area contributed by atoms with Crippen LogP contribution in [0.5, 0.6) is 0 Å². The van der Waals surface area contributed by atoms with Gasteiger partial charge < -0.3 is 15.5 Å². The second kappa shape index (κ2) is 5.01. The van der Waals surface area contributed by atoms with Gasteiger partial charge in [-0.2, -0.15) is 0 Å². The maximum Gasteiger partial charge on any atom is 0.315 e. The van der Waals surface area contributed by atoms with Gasteiger partial charge in [0, 0.05) is 30.1 Å². The Bertz CT molecular complexity index is 589. The zero-order valence-electron chi connectivity index (χ0n) is 9.97. The number of hydrogen-bond donors (Lipinski definition) is 2. The first-order valence-electron chi connectivity index (χ1n) is 5.61. The van der Waals surface area contributed by atoms with Crippen LogP contribution in [0.15, 0.2) is 30.5 Å². The van der Waals surface area contributed by atoms with E-state index in [2.05, 4.69) is 9.72 Å². The minimum absolute atomic E-state index is 0.0264. The first kappa shape index (κ1) is 12.3. The van der Waals surface area contributed by atoms with Gasteiger partial charge in [0.25, 0.3) is 0 Å². The van der Waals surface area contributed by atoms with Crippen molar-refractivity contribution in [2.75, 3.05) is 0 Å². The van der Waals surface area contributed by atoms with E-state index in [4.69, 9.17) is 5.73 Å². The van der Waals surface area contributed by atoms with Gasteiger partial charge >= 0.3 is 11.9 Å². The van der Waals surface area contributed by atoms with Crippen LogP contribution in [0.25, 0.3) is 10.9 Å². The van der Waals surface area contributed by atoms with E-state index in [1.54, 1.807) is 6.20 Å². The molecule has 1 unspecified atom stereocenters. The number of aromatic amines is 1. The van der Waals surface area contributed by atoms with E-state index in [0.717, 1.165) is 16.5 Å². The number of nitrogens with two attached hydrogens (primary N) is 1. The monoisotopic (exact) mass is 246 g/mol. The van der Waals surface area contributed by atoms with Gasteiger partial charge in [0.05, 0.1) is 6.42 Å². The Balaban J connectivity index is 2.16. The quantitative estimate of drug-likeness (QED) is 0.637. The molecule has 2 aromatic rings. The van der Waals surface area contributed by atoms with Crippen LogP contribution >= 0.6 is 0 Å². The van der Waals surface area contributed by atoms with Crippen molar-refractivity contribution in [1.82, 2.24) is 4.98 Å². The lowest BCUT2D eigenvalue weighted by atomic mass is 10.0. The fraction of sp³-hybridized carbons (Fsp3) is 0.231. The van der Waals surface area contributed by atoms with Crippen LogP contribution < -0.4 is 5.73 Å². The van der Waals surface area contributed by atoms with E-state index < -0.39 is 18.0 Å². The van der Waals surface area contributed by atoms with Gasteiger partial charge in [0.1, 0.15) is 0 Å². The highest BCUT2D eigenvalue weighted by molar-refractivity contribution is 5.86. The van der Waals surface area contributed by atoms with Crippen molar-refractivity contribution in [2.45, 2.75) is 19.4 Å². The molecule has 0 aliphatic carbocycles. The molecule has 3 N–H and O–H groups in total. The van der Waals surface area contributed by atoms with Crippen LogP contribution in [-0.4, -0.2) is 16.9 Å². The molecule has 94 valence electrons. The Kier molecular flexibility index (Phi) is 3.43. The van der Waals surface area contributed by atoms with Gasteiger partial charge in [0.2, 0.25) is 0 Å². The standard InChI is InChI=1S/C13H14N2O3/c1-8(16)18-13(17)6-11(14)10-7-15-12-5-3-2-4-9(10)12/h2-5,7,11,15H,6,14H2,1H3.